The summed E-state index contributed by atoms with van der Waals surface area (Å²) >= 11 is 5.59. The van der Waals surface area contributed by atoms with Crippen molar-refractivity contribution in [1.82, 2.24) is 68.3 Å². The second kappa shape index (κ2) is 42.4. The number of aromatic nitrogens is 14. The summed E-state index contributed by atoms with van der Waals surface area (Å²) in [5.74, 6) is 5.17. The molecule has 0 amide bonds. The second-order valence-electron chi connectivity index (χ2n) is 30.9. The molecule has 8 aromatic carbocycles. The number of pyridine rings is 4. The number of carbonyl (C=O) groups is 3. The Hall–Kier alpha value is -17.1. The number of ether oxygens (including phenoxy) is 11. The molecule has 0 bridgehead atoms. The number of rotatable bonds is 21. The Bertz CT molecular complexity index is 7460. The van der Waals surface area contributed by atoms with E-state index in [9.17, 15) is 37.2 Å². The smallest absolute Gasteiger partial charge is 0.343 e. The average Bonchev–Trinajstić information content (AvgIpc) is 1.19. The molecule has 0 aliphatic carbocycles. The van der Waals surface area contributed by atoms with Gasteiger partial charge < -0.3 is 92.1 Å². The van der Waals surface area contributed by atoms with E-state index < -0.39 is 43.8 Å². The fourth-order valence-corrected chi connectivity index (χ4v) is 15.6. The van der Waals surface area contributed by atoms with E-state index in [1.165, 1.54) is 23.2 Å². The van der Waals surface area contributed by atoms with Crippen LogP contribution in [-0.2, 0) is 24.0 Å². The molecule has 39 heteroatoms. The third-order valence-electron chi connectivity index (χ3n) is 21.4. The first-order valence-electron chi connectivity index (χ1n) is 43.7. The maximum absolute atomic E-state index is 13.0. The number of nitrogens with one attached hydrogen (secondary N) is 4. The van der Waals surface area contributed by atoms with Crippen LogP contribution in [0.5, 0.6) is 46.0 Å². The van der Waals surface area contributed by atoms with E-state index in [1.54, 1.807) is 80.5 Å². The van der Waals surface area contributed by atoms with Crippen molar-refractivity contribution in [3.8, 4) is 80.0 Å². The number of fused-ring (bicyclic) bond motifs is 10. The maximum Gasteiger partial charge on any atom is 0.343 e. The highest BCUT2D eigenvalue weighted by atomic mass is 32.2. The highest BCUT2D eigenvalue weighted by Gasteiger charge is 2.29. The molecule has 7 aromatic heterocycles. The number of nitrogens with two attached hydrogens (primary N) is 1. The molecule has 6 aliphatic heterocycles. The normalized spacial score (nSPS) is 14.6. The SMILES string of the molecule is CCOC(=O)c1cn(-c2ccccc2)c2nc(NCC3COc4ccccc4O3)ncc2c1=O.CCOC(=O)c1cn(-c2ccccc2)c2nc(NCC3COc4ccccc4O3)ncc2c1=S.CCOC(=O)c1cn(-c2ccccc2)c2nc(S(C)(=O)=O)ncc2c1=O.NCC1COc2ccccc2O1.O=c1[nH]nc2c3cnc(NCC4COc5ccccc5O4)nc3n(-c3ccccc3)cc1-2. The van der Waals surface area contributed by atoms with Crippen molar-refractivity contribution in [1.29, 1.82) is 0 Å². The predicted octanol–water partition coefficient (Wildman–Crippen LogP) is 12.8. The van der Waals surface area contributed by atoms with Gasteiger partial charge in [0.15, 0.2) is 68.6 Å². The van der Waals surface area contributed by atoms with Gasteiger partial charge in [-0.2, -0.15) is 25.0 Å². The van der Waals surface area contributed by atoms with Crippen molar-refractivity contribution in [3.63, 3.8) is 0 Å². The van der Waals surface area contributed by atoms with E-state index >= 15 is 0 Å². The number of sulfone groups is 1. The van der Waals surface area contributed by atoms with E-state index in [-0.39, 0.29) is 77.3 Å². The minimum absolute atomic E-state index is 0.0000926. The summed E-state index contributed by atoms with van der Waals surface area (Å²) in [4.78, 5) is 110. The Morgan fingerprint density at radius 3 is 1.09 bits per heavy atom. The first kappa shape index (κ1) is 92.8. The van der Waals surface area contributed by atoms with E-state index in [4.69, 9.17) is 80.0 Å². The first-order chi connectivity index (χ1) is 67.3. The van der Waals surface area contributed by atoms with Crippen molar-refractivity contribution in [2.75, 3.05) is 94.6 Å². The molecule has 4 atom stereocenters. The second-order valence-corrected chi connectivity index (χ2v) is 33.2. The van der Waals surface area contributed by atoms with Crippen LogP contribution in [0.3, 0.4) is 0 Å². The molecule has 0 fully saturated rings. The van der Waals surface area contributed by atoms with Gasteiger partial charge in [0.2, 0.25) is 43.7 Å². The van der Waals surface area contributed by atoms with Gasteiger partial charge in [-0.1, -0.05) is 134 Å². The molecule has 13 heterocycles. The number of esters is 3. The zero-order valence-electron chi connectivity index (χ0n) is 74.5. The van der Waals surface area contributed by atoms with Crippen molar-refractivity contribution in [2.24, 2.45) is 5.73 Å². The minimum atomic E-state index is -3.67. The van der Waals surface area contributed by atoms with Gasteiger partial charge in [-0.05, 0) is 118 Å². The molecule has 700 valence electrons. The number of benzene rings is 8. The molecule has 15 aromatic rings. The first-order valence-corrected chi connectivity index (χ1v) is 46.0. The predicted molar refractivity (Wildman–Crippen MR) is 515 cm³/mol. The van der Waals surface area contributed by atoms with E-state index in [0.717, 1.165) is 58.3 Å². The van der Waals surface area contributed by atoms with Gasteiger partial charge in [-0.15, -0.1) is 0 Å². The van der Waals surface area contributed by atoms with Crippen LogP contribution in [0.4, 0.5) is 17.8 Å². The number of hydrogen-bond acceptors (Lipinski definition) is 33. The van der Waals surface area contributed by atoms with Crippen molar-refractivity contribution >= 4 is 102 Å². The van der Waals surface area contributed by atoms with E-state index in [0.29, 0.717) is 142 Å². The van der Waals surface area contributed by atoms with Gasteiger partial charge >= 0.3 is 17.9 Å². The molecular weight excluding hydrogens is 1810 g/mol. The van der Waals surface area contributed by atoms with E-state index in [2.05, 4.69) is 56.1 Å². The van der Waals surface area contributed by atoms with E-state index in [1.807, 2.05) is 197 Å². The summed E-state index contributed by atoms with van der Waals surface area (Å²) in [5, 5.41) is 17.4. The van der Waals surface area contributed by atoms with Crippen LogP contribution in [0.25, 0.3) is 78.1 Å². The van der Waals surface area contributed by atoms with Crippen LogP contribution < -0.4 is 76.0 Å². The molecular formula is C99H88N18O19S2. The molecule has 37 nitrogen and oxygen atoms in total. The number of aromatic amines is 1. The van der Waals surface area contributed by atoms with Crippen LogP contribution in [0.2, 0.25) is 0 Å². The Balaban J connectivity index is 0.000000123. The highest BCUT2D eigenvalue weighted by molar-refractivity contribution is 7.90. The summed E-state index contributed by atoms with van der Waals surface area (Å²) in [6, 6.07) is 67.7. The number of nitrogens with zero attached hydrogens (tertiary/aromatic N) is 13. The number of para-hydroxylation sites is 12. The topological polar surface area (TPSA) is 452 Å². The van der Waals surface area contributed by atoms with Gasteiger partial charge in [0.1, 0.15) is 67.7 Å². The summed E-state index contributed by atoms with van der Waals surface area (Å²) < 4.78 is 92.2. The van der Waals surface area contributed by atoms with Gasteiger partial charge in [0, 0.05) is 85.1 Å². The Morgan fingerprint density at radius 2 is 0.710 bits per heavy atom. The van der Waals surface area contributed by atoms with Crippen molar-refractivity contribution < 1.29 is 74.9 Å². The average molecular weight is 1900 g/mol. The summed E-state index contributed by atoms with van der Waals surface area (Å²) in [6.07, 6.45) is 12.4. The molecule has 6 aliphatic rings. The lowest BCUT2D eigenvalue weighted by atomic mass is 10.1. The number of hydrogen-bond donors (Lipinski definition) is 5. The molecule has 0 saturated carbocycles. The molecule has 0 saturated heterocycles. The van der Waals surface area contributed by atoms with Crippen LogP contribution in [0.1, 0.15) is 51.8 Å². The standard InChI is InChI=1S/C25H22N4O5.C25H22N4O4S.C23H18N6O3.C17H15N3O5S.C9H11NO2/c1-2-32-24(31)19-14-29(16-8-4-3-5-9-16)23-18(22(19)30)13-27-25(28-23)26-12-17-15-33-20-10-6-7-11-21(20)34-17;1-2-31-24(30)19-14-29(16-8-4-3-5-9-16)23-18(22(19)34)13-27-25(28-23)26-12-17-15-32-20-10-6-7-11-21(20)33-17;30-22-17-12-29(14-6-2-1-3-7-14)21-16(20(17)27-28-22)11-25-23(26-21)24-10-15-13-31-18-8-4-5-9-19(18)32-15;1-3-25-16(22)13-10-20(11-7-5-4-6-8-11)15-12(14(13)21)9-18-17(19-15)26(2,23)24;10-5-7-6-11-8-3-1-2-4-9(8)12-7/h2*3-11,13-14,17H,2,12,15H2,1H3,(H,26,27,28);1-9,11-12,15H,10,13H2,(H,28,30)(H,24,25,26);4-10H,3H2,1-2H3;1-4,7H,5-6,10H2. The lowest BCUT2D eigenvalue weighted by Gasteiger charge is -2.26. The lowest BCUT2D eigenvalue weighted by molar-refractivity contribution is 0.0514. The summed E-state index contributed by atoms with van der Waals surface area (Å²) in [5.41, 5.74) is 9.90. The monoisotopic (exact) mass is 1900 g/mol. The molecule has 138 heavy (non-hydrogen) atoms. The summed E-state index contributed by atoms with van der Waals surface area (Å²) in [7, 11) is -3.67. The largest absolute Gasteiger partial charge is 0.486 e. The van der Waals surface area contributed by atoms with Crippen LogP contribution >= 0.6 is 12.2 Å². The van der Waals surface area contributed by atoms with Crippen molar-refractivity contribution in [3.05, 3.63) is 320 Å². The van der Waals surface area contributed by atoms with Crippen LogP contribution in [0.15, 0.2) is 288 Å². The minimum Gasteiger partial charge on any atom is -0.486 e. The van der Waals surface area contributed by atoms with Gasteiger partial charge in [-0.25, -0.2) is 47.8 Å². The zero-order chi connectivity index (χ0) is 95.8. The van der Waals surface area contributed by atoms with Gasteiger partial charge in [-0.3, -0.25) is 14.4 Å². The fraction of sp³-hybridized carbons (Fsp3) is 0.192. The Morgan fingerprint density at radius 1 is 0.406 bits per heavy atom. The fourth-order valence-electron chi connectivity index (χ4n) is 14.8. The molecule has 0 spiro atoms. The van der Waals surface area contributed by atoms with Crippen LogP contribution in [-0.4, -0.2) is 198 Å². The van der Waals surface area contributed by atoms with Gasteiger partial charge in [0.25, 0.3) is 5.56 Å². The molecule has 4 unspecified atom stereocenters. The van der Waals surface area contributed by atoms with Crippen LogP contribution in [0, 0.1) is 4.51 Å². The highest BCUT2D eigenvalue weighted by Crippen LogP contribution is 2.37. The third-order valence-corrected chi connectivity index (χ3v) is 22.7. The molecule has 6 N–H and O–H groups in total. The zero-order valence-corrected chi connectivity index (χ0v) is 76.1. The number of carbonyl (C=O) groups excluding carboxylic acids is 3. The molecule has 21 rings (SSSR count). The quantitative estimate of drug-likeness (QED) is 0.0193. The Labute approximate surface area is 791 Å². The lowest BCUT2D eigenvalue weighted by Crippen LogP contribution is -2.35. The molecule has 0 radical (unpaired) electrons. The maximum atomic E-state index is 13.0. The third kappa shape index (κ3) is 21.1. The van der Waals surface area contributed by atoms with Crippen molar-refractivity contribution in [2.45, 2.75) is 50.3 Å². The summed E-state index contributed by atoms with van der Waals surface area (Å²) in [6.45, 7) is 9.22. The van der Waals surface area contributed by atoms with Gasteiger partial charge in [0.05, 0.1) is 76.6 Å². The number of anilines is 3. The Kier molecular flexibility index (Phi) is 28.5. The number of H-pyrrole nitrogens is 1.